The number of benzene rings is 1. The highest BCUT2D eigenvalue weighted by Crippen LogP contribution is 2.31. The van der Waals surface area contributed by atoms with Crippen molar-refractivity contribution >= 4 is 16.8 Å². The summed E-state index contributed by atoms with van der Waals surface area (Å²) in [6.07, 6.45) is 1.51. The minimum atomic E-state index is -0.301. The number of carbonyl (C=O) groups is 1. The van der Waals surface area contributed by atoms with Crippen molar-refractivity contribution in [3.8, 4) is 0 Å². The molecule has 0 fully saturated rings. The lowest BCUT2D eigenvalue weighted by atomic mass is 9.94. The summed E-state index contributed by atoms with van der Waals surface area (Å²) in [7, 11) is 1.74. The van der Waals surface area contributed by atoms with Crippen LogP contribution in [-0.2, 0) is 7.05 Å². The van der Waals surface area contributed by atoms with Crippen LogP contribution in [0, 0.1) is 34.6 Å². The Balaban J connectivity index is 2.35. The van der Waals surface area contributed by atoms with Crippen LogP contribution in [0.2, 0.25) is 0 Å². The Labute approximate surface area is 128 Å². The maximum atomic E-state index is 12.7. The fraction of sp³-hybridized carbons (Fsp3) is 0.375. The van der Waals surface area contributed by atoms with E-state index in [1.54, 1.807) is 7.05 Å². The van der Waals surface area contributed by atoms with Crippen molar-refractivity contribution in [2.24, 2.45) is 7.05 Å². The molecule has 6 nitrogen and oxygen atoms in total. The second-order valence-corrected chi connectivity index (χ2v) is 5.77. The molecule has 0 aliphatic carbocycles. The molecule has 2 aromatic heterocycles. The first-order chi connectivity index (χ1) is 10.3. The first kappa shape index (κ1) is 14.4. The predicted octanol–water partition coefficient (Wildman–Crippen LogP) is 2.40. The summed E-state index contributed by atoms with van der Waals surface area (Å²) in [5.74, 6) is -0.147. The van der Waals surface area contributed by atoms with Crippen molar-refractivity contribution in [1.82, 2.24) is 24.5 Å². The number of hydrogen-bond acceptors (Lipinski definition) is 4. The second kappa shape index (κ2) is 4.76. The first-order valence-corrected chi connectivity index (χ1v) is 7.19. The molecule has 0 atom stereocenters. The highest BCUT2D eigenvalue weighted by atomic mass is 16.2. The molecule has 3 rings (SSSR count). The summed E-state index contributed by atoms with van der Waals surface area (Å²) in [6.45, 7) is 10.2. The zero-order chi connectivity index (χ0) is 16.2. The van der Waals surface area contributed by atoms with Crippen LogP contribution in [0.1, 0.15) is 38.6 Å². The van der Waals surface area contributed by atoms with Gasteiger partial charge in [-0.15, -0.1) is 5.10 Å². The van der Waals surface area contributed by atoms with E-state index in [0.717, 1.165) is 22.2 Å². The molecule has 0 saturated carbocycles. The van der Waals surface area contributed by atoms with Gasteiger partial charge >= 0.3 is 5.91 Å². The molecular weight excluding hydrogens is 278 g/mol. The molecule has 0 unspecified atom stereocenters. The van der Waals surface area contributed by atoms with Gasteiger partial charge in [0.15, 0.2) is 0 Å². The molecular formula is C16H19N5O. The molecule has 0 spiro atoms. The predicted molar refractivity (Wildman–Crippen MR) is 84.1 cm³/mol. The van der Waals surface area contributed by atoms with Gasteiger partial charge in [-0.05, 0) is 56.9 Å². The lowest BCUT2D eigenvalue weighted by molar-refractivity contribution is 0.0939. The van der Waals surface area contributed by atoms with Crippen LogP contribution < -0.4 is 0 Å². The van der Waals surface area contributed by atoms with Gasteiger partial charge < -0.3 is 0 Å². The quantitative estimate of drug-likeness (QED) is 0.692. The van der Waals surface area contributed by atoms with E-state index in [-0.39, 0.29) is 11.7 Å². The molecule has 22 heavy (non-hydrogen) atoms. The van der Waals surface area contributed by atoms with Gasteiger partial charge in [-0.2, -0.15) is 9.78 Å². The maximum Gasteiger partial charge on any atom is 0.318 e. The van der Waals surface area contributed by atoms with E-state index in [1.165, 1.54) is 32.4 Å². The van der Waals surface area contributed by atoms with Crippen molar-refractivity contribution in [3.63, 3.8) is 0 Å². The maximum absolute atomic E-state index is 12.7. The standard InChI is InChI=1S/C16H19N5O/c1-8-9(2)11(4)14-13(10(8)3)12(5)18-21(14)16(22)15-17-7-20(6)19-15/h7H,1-6H3. The SMILES string of the molecule is Cc1c(C)c(C)c2c(c(C)nn2C(=O)c2ncn(C)n2)c1C. The van der Waals surface area contributed by atoms with E-state index >= 15 is 0 Å². The van der Waals surface area contributed by atoms with Crippen molar-refractivity contribution in [3.05, 3.63) is 40.1 Å². The molecule has 3 aromatic rings. The molecule has 0 radical (unpaired) electrons. The average molecular weight is 297 g/mol. The average Bonchev–Trinajstić information content (AvgIpc) is 3.06. The Morgan fingerprint density at radius 2 is 1.59 bits per heavy atom. The smallest absolute Gasteiger partial charge is 0.263 e. The Morgan fingerprint density at radius 1 is 0.955 bits per heavy atom. The number of fused-ring (bicyclic) bond motifs is 1. The largest absolute Gasteiger partial charge is 0.318 e. The van der Waals surface area contributed by atoms with Crippen LogP contribution in [0.3, 0.4) is 0 Å². The van der Waals surface area contributed by atoms with E-state index in [9.17, 15) is 4.79 Å². The summed E-state index contributed by atoms with van der Waals surface area (Å²) in [6, 6.07) is 0. The van der Waals surface area contributed by atoms with Crippen LogP contribution in [0.4, 0.5) is 0 Å². The van der Waals surface area contributed by atoms with Gasteiger partial charge in [0.25, 0.3) is 0 Å². The second-order valence-electron chi connectivity index (χ2n) is 5.77. The van der Waals surface area contributed by atoms with Gasteiger partial charge in [0.1, 0.15) is 6.33 Å². The summed E-state index contributed by atoms with van der Waals surface area (Å²) in [5, 5.41) is 9.59. The number of aryl methyl sites for hydroxylation is 4. The highest BCUT2D eigenvalue weighted by molar-refractivity contribution is 6.01. The van der Waals surface area contributed by atoms with Crippen LogP contribution in [0.5, 0.6) is 0 Å². The Morgan fingerprint density at radius 3 is 2.18 bits per heavy atom. The molecule has 0 saturated heterocycles. The summed E-state index contributed by atoms with van der Waals surface area (Å²) in [5.41, 5.74) is 6.38. The molecule has 0 N–H and O–H groups in total. The van der Waals surface area contributed by atoms with E-state index in [1.807, 2.05) is 13.8 Å². The van der Waals surface area contributed by atoms with Crippen molar-refractivity contribution in [2.75, 3.05) is 0 Å². The van der Waals surface area contributed by atoms with Crippen molar-refractivity contribution in [1.29, 1.82) is 0 Å². The van der Waals surface area contributed by atoms with Gasteiger partial charge in [-0.25, -0.2) is 4.98 Å². The highest BCUT2D eigenvalue weighted by Gasteiger charge is 2.23. The van der Waals surface area contributed by atoms with Gasteiger partial charge in [-0.3, -0.25) is 9.48 Å². The van der Waals surface area contributed by atoms with Crippen LogP contribution in [0.25, 0.3) is 10.9 Å². The van der Waals surface area contributed by atoms with E-state index in [4.69, 9.17) is 0 Å². The molecule has 0 aliphatic heterocycles. The third-order valence-corrected chi connectivity index (χ3v) is 4.46. The third-order valence-electron chi connectivity index (χ3n) is 4.46. The van der Waals surface area contributed by atoms with Gasteiger partial charge in [0, 0.05) is 12.4 Å². The minimum absolute atomic E-state index is 0.155. The molecule has 0 amide bonds. The first-order valence-electron chi connectivity index (χ1n) is 7.19. The Bertz CT molecular complexity index is 917. The Kier molecular flexibility index (Phi) is 3.12. The number of rotatable bonds is 1. The summed E-state index contributed by atoms with van der Waals surface area (Å²) >= 11 is 0. The topological polar surface area (TPSA) is 65.6 Å². The Hall–Kier alpha value is -2.50. The van der Waals surface area contributed by atoms with Crippen LogP contribution in [0.15, 0.2) is 6.33 Å². The summed E-state index contributed by atoms with van der Waals surface area (Å²) < 4.78 is 2.95. The van der Waals surface area contributed by atoms with E-state index < -0.39 is 0 Å². The number of hydrogen-bond donors (Lipinski definition) is 0. The lowest BCUT2D eigenvalue weighted by Crippen LogP contribution is -2.16. The number of nitrogens with zero attached hydrogens (tertiary/aromatic N) is 5. The monoisotopic (exact) mass is 297 g/mol. The zero-order valence-corrected chi connectivity index (χ0v) is 13.7. The molecule has 2 heterocycles. The minimum Gasteiger partial charge on any atom is -0.263 e. The fourth-order valence-electron chi connectivity index (χ4n) is 2.93. The third kappa shape index (κ3) is 1.87. The van der Waals surface area contributed by atoms with Gasteiger partial charge in [-0.1, -0.05) is 0 Å². The van der Waals surface area contributed by atoms with Crippen molar-refractivity contribution < 1.29 is 4.79 Å². The van der Waals surface area contributed by atoms with E-state index in [0.29, 0.717) is 0 Å². The molecule has 6 heteroatoms. The van der Waals surface area contributed by atoms with Gasteiger partial charge in [0.05, 0.1) is 11.2 Å². The van der Waals surface area contributed by atoms with E-state index in [2.05, 4.69) is 36.0 Å². The van der Waals surface area contributed by atoms with Crippen molar-refractivity contribution in [2.45, 2.75) is 34.6 Å². The van der Waals surface area contributed by atoms with Gasteiger partial charge in [0.2, 0.25) is 5.82 Å². The summed E-state index contributed by atoms with van der Waals surface area (Å²) in [4.78, 5) is 16.8. The van der Waals surface area contributed by atoms with Crippen LogP contribution >= 0.6 is 0 Å². The molecule has 0 aliphatic rings. The normalized spacial score (nSPS) is 11.4. The lowest BCUT2D eigenvalue weighted by Gasteiger charge is -2.12. The fourth-order valence-corrected chi connectivity index (χ4v) is 2.93. The number of aromatic nitrogens is 5. The van der Waals surface area contributed by atoms with Crippen LogP contribution in [-0.4, -0.2) is 30.5 Å². The number of carbonyl (C=O) groups excluding carboxylic acids is 1. The molecule has 0 bridgehead atoms. The molecule has 114 valence electrons. The molecule has 1 aromatic carbocycles. The zero-order valence-electron chi connectivity index (χ0n) is 13.7.